The molecule has 0 radical (unpaired) electrons. The summed E-state index contributed by atoms with van der Waals surface area (Å²) in [6.07, 6.45) is 0.520. The first-order chi connectivity index (χ1) is 8.74. The van der Waals surface area contributed by atoms with Crippen molar-refractivity contribution >= 4 is 15.8 Å². The van der Waals surface area contributed by atoms with Gasteiger partial charge in [-0.15, -0.1) is 0 Å². The lowest BCUT2D eigenvalue weighted by atomic mass is 10.1. The molecule has 0 heterocycles. The highest BCUT2D eigenvalue weighted by Crippen LogP contribution is 2.19. The van der Waals surface area contributed by atoms with E-state index in [1.165, 1.54) is 18.2 Å². The fourth-order valence-electron chi connectivity index (χ4n) is 1.75. The van der Waals surface area contributed by atoms with Crippen LogP contribution in [-0.2, 0) is 9.84 Å². The molecule has 1 N–H and O–H groups in total. The average Bonchev–Trinajstić information content (AvgIpc) is 2.28. The van der Waals surface area contributed by atoms with Crippen LogP contribution < -0.4 is 0 Å². The molecule has 1 aromatic carbocycles. The molecule has 0 aliphatic heterocycles. The van der Waals surface area contributed by atoms with E-state index in [1.807, 2.05) is 19.0 Å². The van der Waals surface area contributed by atoms with Crippen molar-refractivity contribution in [2.75, 3.05) is 26.4 Å². The molecule has 0 fully saturated rings. The Morgan fingerprint density at radius 1 is 1.32 bits per heavy atom. The Bertz CT molecular complexity index is 564. The molecule has 0 aliphatic rings. The van der Waals surface area contributed by atoms with E-state index in [4.69, 9.17) is 5.11 Å². The lowest BCUT2D eigenvalue weighted by Crippen LogP contribution is -2.18. The van der Waals surface area contributed by atoms with Gasteiger partial charge in [0.1, 0.15) is 0 Å². The monoisotopic (exact) mass is 285 g/mol. The Balaban J connectivity index is 3.00. The van der Waals surface area contributed by atoms with Crippen LogP contribution in [0.2, 0.25) is 0 Å². The molecule has 1 aromatic rings. The quantitative estimate of drug-likeness (QED) is 0.855. The van der Waals surface area contributed by atoms with Crippen LogP contribution in [0.3, 0.4) is 0 Å². The van der Waals surface area contributed by atoms with Gasteiger partial charge in [0.2, 0.25) is 0 Å². The maximum Gasteiger partial charge on any atom is 0.335 e. The number of sulfone groups is 1. The van der Waals surface area contributed by atoms with E-state index in [0.717, 1.165) is 0 Å². The molecule has 0 unspecified atom stereocenters. The Morgan fingerprint density at radius 2 is 1.95 bits per heavy atom. The van der Waals surface area contributed by atoms with Crippen LogP contribution in [0.4, 0.5) is 0 Å². The molecule has 5 nitrogen and oxygen atoms in total. The third-order valence-corrected chi connectivity index (χ3v) is 4.72. The summed E-state index contributed by atoms with van der Waals surface area (Å²) in [7, 11) is 0.323. The van der Waals surface area contributed by atoms with Gasteiger partial charge in [0.25, 0.3) is 0 Å². The topological polar surface area (TPSA) is 74.7 Å². The van der Waals surface area contributed by atoms with E-state index in [0.29, 0.717) is 18.5 Å². The number of hydrogen-bond acceptors (Lipinski definition) is 4. The van der Waals surface area contributed by atoms with Crippen LogP contribution in [0.5, 0.6) is 0 Å². The number of benzene rings is 1. The molecule has 0 saturated heterocycles. The minimum atomic E-state index is -3.43. The van der Waals surface area contributed by atoms with Gasteiger partial charge in [-0.2, -0.15) is 0 Å². The van der Waals surface area contributed by atoms with Gasteiger partial charge in [-0.05, 0) is 51.7 Å². The number of nitrogens with zero attached hydrogens (tertiary/aromatic N) is 1. The lowest BCUT2D eigenvalue weighted by molar-refractivity contribution is 0.0696. The molecule has 106 valence electrons. The van der Waals surface area contributed by atoms with Gasteiger partial charge in [-0.3, -0.25) is 0 Å². The predicted molar refractivity (Wildman–Crippen MR) is 73.4 cm³/mol. The third-order valence-electron chi connectivity index (χ3n) is 2.79. The van der Waals surface area contributed by atoms with Gasteiger partial charge < -0.3 is 10.0 Å². The van der Waals surface area contributed by atoms with Crippen LogP contribution in [0.1, 0.15) is 22.3 Å². The molecule has 0 aromatic heterocycles. The second-order valence-electron chi connectivity index (χ2n) is 4.76. The van der Waals surface area contributed by atoms with Crippen LogP contribution in [0.25, 0.3) is 0 Å². The molecule has 0 bridgehead atoms. The summed E-state index contributed by atoms with van der Waals surface area (Å²) in [5, 5.41) is 8.91. The molecule has 0 aliphatic carbocycles. The van der Waals surface area contributed by atoms with Crippen LogP contribution in [-0.4, -0.2) is 50.8 Å². The van der Waals surface area contributed by atoms with Gasteiger partial charge in [0.05, 0.1) is 16.2 Å². The maximum atomic E-state index is 12.2. The first kappa shape index (κ1) is 15.7. The summed E-state index contributed by atoms with van der Waals surface area (Å²) < 4.78 is 24.4. The van der Waals surface area contributed by atoms with Crippen LogP contribution in [0, 0.1) is 6.92 Å². The first-order valence-electron chi connectivity index (χ1n) is 5.95. The van der Waals surface area contributed by atoms with Crippen molar-refractivity contribution in [3.8, 4) is 0 Å². The predicted octanol–water partition coefficient (Wildman–Crippen LogP) is 1.42. The summed E-state index contributed by atoms with van der Waals surface area (Å²) in [5.41, 5.74) is 0.576. The Labute approximate surface area is 113 Å². The van der Waals surface area contributed by atoms with Crippen LogP contribution in [0.15, 0.2) is 23.1 Å². The molecular formula is C13H19NO4S. The molecule has 0 saturated carbocycles. The van der Waals surface area contributed by atoms with E-state index in [9.17, 15) is 13.2 Å². The minimum absolute atomic E-state index is 0.00298. The third kappa shape index (κ3) is 4.33. The Hall–Kier alpha value is -1.40. The fourth-order valence-corrected chi connectivity index (χ4v) is 3.34. The maximum absolute atomic E-state index is 12.2. The van der Waals surface area contributed by atoms with Crippen molar-refractivity contribution in [3.63, 3.8) is 0 Å². The summed E-state index contributed by atoms with van der Waals surface area (Å²) in [6.45, 7) is 2.35. The summed E-state index contributed by atoms with van der Waals surface area (Å²) in [5.74, 6) is -1.10. The number of carboxylic acid groups (broad SMARTS) is 1. The highest BCUT2D eigenvalue weighted by atomic mass is 32.2. The Kier molecular flexibility index (Phi) is 5.08. The number of aryl methyl sites for hydroxylation is 1. The van der Waals surface area contributed by atoms with Crippen LogP contribution >= 0.6 is 0 Å². The zero-order valence-electron chi connectivity index (χ0n) is 11.4. The van der Waals surface area contributed by atoms with Gasteiger partial charge in [0.15, 0.2) is 9.84 Å². The SMILES string of the molecule is Cc1ccc(C(=O)O)cc1S(=O)(=O)CCCN(C)C. The fraction of sp³-hybridized carbons (Fsp3) is 0.462. The van der Waals surface area contributed by atoms with Crippen molar-refractivity contribution < 1.29 is 18.3 Å². The zero-order valence-corrected chi connectivity index (χ0v) is 12.2. The molecule has 19 heavy (non-hydrogen) atoms. The van der Waals surface area contributed by atoms with E-state index in [-0.39, 0.29) is 16.2 Å². The van der Waals surface area contributed by atoms with E-state index >= 15 is 0 Å². The summed E-state index contributed by atoms with van der Waals surface area (Å²) in [6, 6.07) is 4.18. The number of rotatable bonds is 6. The second kappa shape index (κ2) is 6.16. The largest absolute Gasteiger partial charge is 0.478 e. The molecular weight excluding hydrogens is 266 g/mol. The lowest BCUT2D eigenvalue weighted by Gasteiger charge is -2.11. The van der Waals surface area contributed by atoms with E-state index in [2.05, 4.69) is 0 Å². The molecule has 0 spiro atoms. The van der Waals surface area contributed by atoms with Gasteiger partial charge in [0, 0.05) is 0 Å². The van der Waals surface area contributed by atoms with Gasteiger partial charge >= 0.3 is 5.97 Å². The molecule has 0 atom stereocenters. The minimum Gasteiger partial charge on any atom is -0.478 e. The first-order valence-corrected chi connectivity index (χ1v) is 7.60. The van der Waals surface area contributed by atoms with Crippen molar-refractivity contribution in [3.05, 3.63) is 29.3 Å². The van der Waals surface area contributed by atoms with Gasteiger partial charge in [-0.1, -0.05) is 6.07 Å². The molecule has 6 heteroatoms. The number of hydrogen-bond donors (Lipinski definition) is 1. The van der Waals surface area contributed by atoms with Crippen molar-refractivity contribution in [2.24, 2.45) is 0 Å². The van der Waals surface area contributed by atoms with Crippen molar-refractivity contribution in [2.45, 2.75) is 18.2 Å². The number of aromatic carboxylic acids is 1. The van der Waals surface area contributed by atoms with E-state index < -0.39 is 15.8 Å². The standard InChI is InChI=1S/C13H19NO4S/c1-10-5-6-11(13(15)16)9-12(10)19(17,18)8-4-7-14(2)3/h5-6,9H,4,7-8H2,1-3H3,(H,15,16). The van der Waals surface area contributed by atoms with Crippen molar-refractivity contribution in [1.29, 1.82) is 0 Å². The van der Waals surface area contributed by atoms with E-state index in [1.54, 1.807) is 6.92 Å². The number of carboxylic acids is 1. The average molecular weight is 285 g/mol. The zero-order chi connectivity index (χ0) is 14.6. The summed E-state index contributed by atoms with van der Waals surface area (Å²) in [4.78, 5) is 12.9. The second-order valence-corrected chi connectivity index (χ2v) is 6.84. The normalized spacial score (nSPS) is 11.8. The van der Waals surface area contributed by atoms with Gasteiger partial charge in [-0.25, -0.2) is 13.2 Å². The number of carbonyl (C=O) groups is 1. The summed E-state index contributed by atoms with van der Waals surface area (Å²) >= 11 is 0. The highest BCUT2D eigenvalue weighted by molar-refractivity contribution is 7.91. The highest BCUT2D eigenvalue weighted by Gasteiger charge is 2.18. The molecule has 1 rings (SSSR count). The smallest absolute Gasteiger partial charge is 0.335 e. The Morgan fingerprint density at radius 3 is 2.47 bits per heavy atom. The van der Waals surface area contributed by atoms with Crippen molar-refractivity contribution in [1.82, 2.24) is 4.90 Å². The molecule has 0 amide bonds.